The number of nitrogens with one attached hydrogen (secondary N) is 1. The number of aryl methyl sites for hydroxylation is 1. The maximum atomic E-state index is 13.1. The molecular weight excluding hydrogens is 439 g/mol. The van der Waals surface area contributed by atoms with Gasteiger partial charge in [0.05, 0.1) is 28.4 Å². The first-order chi connectivity index (χ1) is 15.2. The number of benzene rings is 2. The Balaban J connectivity index is 1.73. The number of rotatable bonds is 9. The van der Waals surface area contributed by atoms with Gasteiger partial charge in [-0.1, -0.05) is 49.0 Å². The highest BCUT2D eigenvalue weighted by atomic mass is 32.2. The normalized spacial score (nSPS) is 12.7. The summed E-state index contributed by atoms with van der Waals surface area (Å²) in [7, 11) is 0. The van der Waals surface area contributed by atoms with Gasteiger partial charge in [-0.25, -0.2) is 4.98 Å². The lowest BCUT2D eigenvalue weighted by Gasteiger charge is -2.16. The summed E-state index contributed by atoms with van der Waals surface area (Å²) < 4.78 is 41.1. The fraction of sp³-hybridized carbons (Fsp3) is 0.348. The van der Waals surface area contributed by atoms with E-state index in [9.17, 15) is 22.8 Å². The zero-order valence-corrected chi connectivity index (χ0v) is 18.6. The molecule has 1 unspecified atom stereocenters. The molecule has 2 aromatic carbocycles. The number of carbonyl (C=O) groups excluding carboxylic acids is 2. The van der Waals surface area contributed by atoms with Crippen LogP contribution in [0, 0.1) is 0 Å². The van der Waals surface area contributed by atoms with Crippen LogP contribution in [0.1, 0.15) is 31.4 Å². The first-order valence-electron chi connectivity index (χ1n) is 10.2. The van der Waals surface area contributed by atoms with Crippen LogP contribution in [-0.2, 0) is 28.7 Å². The zero-order chi connectivity index (χ0) is 23.3. The van der Waals surface area contributed by atoms with Gasteiger partial charge in [0.25, 0.3) is 0 Å². The molecule has 1 amide bonds. The van der Waals surface area contributed by atoms with Crippen LogP contribution in [0.15, 0.2) is 53.7 Å². The van der Waals surface area contributed by atoms with Crippen LogP contribution in [-0.4, -0.2) is 33.0 Å². The van der Waals surface area contributed by atoms with Crippen molar-refractivity contribution in [3.8, 4) is 0 Å². The van der Waals surface area contributed by atoms with Gasteiger partial charge >= 0.3 is 6.18 Å². The SMILES string of the molecule is CCCn1c(SCC(=O)NC(Cc2ccccc2)C(C)=O)nc2ccc(C(F)(F)F)cc21. The molecule has 0 aliphatic carbocycles. The summed E-state index contributed by atoms with van der Waals surface area (Å²) in [5.74, 6) is -0.486. The molecule has 170 valence electrons. The summed E-state index contributed by atoms with van der Waals surface area (Å²) in [4.78, 5) is 28.9. The average molecular weight is 464 g/mol. The molecule has 0 spiro atoms. The number of alkyl halides is 3. The smallest absolute Gasteiger partial charge is 0.345 e. The van der Waals surface area contributed by atoms with E-state index in [2.05, 4.69) is 10.3 Å². The molecule has 1 N–H and O–H groups in total. The summed E-state index contributed by atoms with van der Waals surface area (Å²) in [5.41, 5.74) is 1.03. The Morgan fingerprint density at radius 3 is 2.50 bits per heavy atom. The quantitative estimate of drug-likeness (QED) is 0.460. The third-order valence-electron chi connectivity index (χ3n) is 4.93. The Hall–Kier alpha value is -2.81. The maximum Gasteiger partial charge on any atom is 0.416 e. The Morgan fingerprint density at radius 1 is 1.16 bits per heavy atom. The first kappa shape index (κ1) is 23.8. The Kier molecular flexibility index (Phi) is 7.60. The van der Waals surface area contributed by atoms with Gasteiger partial charge in [0, 0.05) is 6.54 Å². The molecule has 9 heteroatoms. The Bertz CT molecular complexity index is 1100. The number of aromatic nitrogens is 2. The van der Waals surface area contributed by atoms with Crippen LogP contribution >= 0.6 is 11.8 Å². The molecule has 0 fully saturated rings. The molecule has 1 atom stereocenters. The topological polar surface area (TPSA) is 64.0 Å². The van der Waals surface area contributed by atoms with Gasteiger partial charge in [-0.15, -0.1) is 0 Å². The second-order valence-corrected chi connectivity index (χ2v) is 8.40. The standard InChI is InChI=1S/C23H24F3N3O2S/c1-3-11-29-20-13-17(23(24,25)26)9-10-18(20)28-22(29)32-14-21(31)27-19(15(2)30)12-16-7-5-4-6-8-16/h4-10,13,19H,3,11-12,14H2,1-2H3,(H,27,31). The summed E-state index contributed by atoms with van der Waals surface area (Å²) in [5, 5.41) is 3.23. The number of ketones is 1. The summed E-state index contributed by atoms with van der Waals surface area (Å²) in [6.07, 6.45) is -3.35. The number of carbonyl (C=O) groups is 2. The van der Waals surface area contributed by atoms with Crippen LogP contribution in [0.2, 0.25) is 0 Å². The van der Waals surface area contributed by atoms with E-state index in [0.717, 1.165) is 29.5 Å². The highest BCUT2D eigenvalue weighted by Crippen LogP contribution is 2.33. The van der Waals surface area contributed by atoms with Gasteiger partial charge in [-0.2, -0.15) is 13.2 Å². The number of thioether (sulfide) groups is 1. The minimum absolute atomic E-state index is 0.00225. The van der Waals surface area contributed by atoms with Crippen molar-refractivity contribution in [2.45, 2.75) is 50.6 Å². The van der Waals surface area contributed by atoms with Crippen LogP contribution in [0.4, 0.5) is 13.2 Å². The van der Waals surface area contributed by atoms with Crippen LogP contribution in [0.25, 0.3) is 11.0 Å². The minimum Gasteiger partial charge on any atom is -0.345 e. The van der Waals surface area contributed by atoms with Crippen molar-refractivity contribution < 1.29 is 22.8 Å². The summed E-state index contributed by atoms with van der Waals surface area (Å²) >= 11 is 1.14. The van der Waals surface area contributed by atoms with Gasteiger partial charge < -0.3 is 9.88 Å². The van der Waals surface area contributed by atoms with Gasteiger partial charge in [0.2, 0.25) is 5.91 Å². The van der Waals surface area contributed by atoms with Crippen molar-refractivity contribution in [2.24, 2.45) is 0 Å². The van der Waals surface area contributed by atoms with Crippen molar-refractivity contribution in [1.29, 1.82) is 0 Å². The van der Waals surface area contributed by atoms with E-state index in [-0.39, 0.29) is 17.4 Å². The van der Waals surface area contributed by atoms with Crippen molar-refractivity contribution in [1.82, 2.24) is 14.9 Å². The van der Waals surface area contributed by atoms with E-state index < -0.39 is 17.8 Å². The van der Waals surface area contributed by atoms with Crippen molar-refractivity contribution in [3.63, 3.8) is 0 Å². The van der Waals surface area contributed by atoms with E-state index >= 15 is 0 Å². The number of hydrogen-bond donors (Lipinski definition) is 1. The first-order valence-corrected chi connectivity index (χ1v) is 11.2. The second-order valence-electron chi connectivity index (χ2n) is 7.46. The maximum absolute atomic E-state index is 13.1. The van der Waals surface area contributed by atoms with Crippen molar-refractivity contribution in [2.75, 3.05) is 5.75 Å². The number of amides is 1. The number of hydrogen-bond acceptors (Lipinski definition) is 4. The van der Waals surface area contributed by atoms with Crippen molar-refractivity contribution >= 4 is 34.5 Å². The van der Waals surface area contributed by atoms with Crippen LogP contribution < -0.4 is 5.32 Å². The van der Waals surface area contributed by atoms with E-state index in [0.29, 0.717) is 35.6 Å². The van der Waals surface area contributed by atoms with Gasteiger partial charge in [-0.3, -0.25) is 9.59 Å². The second kappa shape index (κ2) is 10.2. The monoisotopic (exact) mass is 463 g/mol. The van der Waals surface area contributed by atoms with E-state index in [1.165, 1.54) is 13.0 Å². The molecule has 0 saturated heterocycles. The molecule has 0 radical (unpaired) electrons. The predicted molar refractivity (Wildman–Crippen MR) is 119 cm³/mol. The number of fused-ring (bicyclic) bond motifs is 1. The molecule has 0 aliphatic heterocycles. The van der Waals surface area contributed by atoms with Gasteiger partial charge in [-0.05, 0) is 43.5 Å². The third kappa shape index (κ3) is 5.91. The minimum atomic E-state index is -4.44. The predicted octanol–water partition coefficient (Wildman–Crippen LogP) is 4.87. The van der Waals surface area contributed by atoms with Crippen molar-refractivity contribution in [3.05, 3.63) is 59.7 Å². The molecule has 1 heterocycles. The lowest BCUT2D eigenvalue weighted by Crippen LogP contribution is -2.42. The summed E-state index contributed by atoms with van der Waals surface area (Å²) in [6.45, 7) is 3.83. The van der Waals surface area contributed by atoms with Gasteiger partial charge in [0.15, 0.2) is 10.9 Å². The lowest BCUT2D eigenvalue weighted by molar-refractivity contribution is -0.137. The average Bonchev–Trinajstić information content (AvgIpc) is 3.09. The van der Waals surface area contributed by atoms with Crippen LogP contribution in [0.5, 0.6) is 0 Å². The highest BCUT2D eigenvalue weighted by molar-refractivity contribution is 7.99. The molecule has 3 aromatic rings. The van der Waals surface area contributed by atoms with E-state index in [1.54, 1.807) is 4.57 Å². The molecule has 1 aromatic heterocycles. The molecule has 5 nitrogen and oxygen atoms in total. The summed E-state index contributed by atoms with van der Waals surface area (Å²) in [6, 6.07) is 12.2. The molecule has 32 heavy (non-hydrogen) atoms. The molecular formula is C23H24F3N3O2S. The lowest BCUT2D eigenvalue weighted by atomic mass is 10.0. The fourth-order valence-electron chi connectivity index (χ4n) is 3.34. The number of imidazole rings is 1. The number of Topliss-reactive ketones (excluding diaryl/α,β-unsaturated/α-hetero) is 1. The van der Waals surface area contributed by atoms with Crippen LogP contribution in [0.3, 0.4) is 0 Å². The molecule has 0 aliphatic rings. The largest absolute Gasteiger partial charge is 0.416 e. The van der Waals surface area contributed by atoms with E-state index in [4.69, 9.17) is 0 Å². The molecule has 0 saturated carbocycles. The Labute approximate surface area is 188 Å². The number of halogens is 3. The van der Waals surface area contributed by atoms with E-state index in [1.807, 2.05) is 37.3 Å². The zero-order valence-electron chi connectivity index (χ0n) is 17.8. The molecule has 3 rings (SSSR count). The molecule has 0 bridgehead atoms. The van der Waals surface area contributed by atoms with Gasteiger partial charge in [0.1, 0.15) is 0 Å². The number of nitrogens with zero attached hydrogens (tertiary/aromatic N) is 2. The fourth-order valence-corrected chi connectivity index (χ4v) is 4.19. The highest BCUT2D eigenvalue weighted by Gasteiger charge is 2.31. The Morgan fingerprint density at radius 2 is 1.88 bits per heavy atom. The third-order valence-corrected chi connectivity index (χ3v) is 5.91.